The number of rotatable bonds is 4. The summed E-state index contributed by atoms with van der Waals surface area (Å²) in [5, 5.41) is 3.66. The van der Waals surface area contributed by atoms with E-state index in [0.29, 0.717) is 5.69 Å². The first kappa shape index (κ1) is 14.1. The number of halogens is 3. The molecule has 0 unspecified atom stereocenters. The predicted molar refractivity (Wildman–Crippen MR) is 64.4 cm³/mol. The predicted octanol–water partition coefficient (Wildman–Crippen LogP) is 3.13. The van der Waals surface area contributed by atoms with Crippen LogP contribution in [0.5, 0.6) is 0 Å². The van der Waals surface area contributed by atoms with Gasteiger partial charge in [0.25, 0.3) is 6.43 Å². The molecule has 0 saturated heterocycles. The van der Waals surface area contributed by atoms with Crippen LogP contribution in [0.3, 0.4) is 0 Å². The summed E-state index contributed by atoms with van der Waals surface area (Å²) in [5.74, 6) is -1.32. The highest BCUT2D eigenvalue weighted by Crippen LogP contribution is 2.23. The molecule has 1 aromatic carbocycles. The maximum Gasteiger partial charge on any atom is 0.341 e. The summed E-state index contributed by atoms with van der Waals surface area (Å²) in [6, 6.07) is 5.07. The van der Waals surface area contributed by atoms with Gasteiger partial charge in [0.15, 0.2) is 0 Å². The van der Waals surface area contributed by atoms with Crippen molar-refractivity contribution >= 4 is 5.97 Å². The van der Waals surface area contributed by atoms with Crippen LogP contribution < -0.4 is 0 Å². The Morgan fingerprint density at radius 3 is 2.55 bits per heavy atom. The fourth-order valence-corrected chi connectivity index (χ4v) is 1.64. The molecule has 2 rings (SSSR count). The summed E-state index contributed by atoms with van der Waals surface area (Å²) in [7, 11) is 0. The van der Waals surface area contributed by atoms with Gasteiger partial charge in [0, 0.05) is 6.20 Å². The molecule has 0 atom stereocenters. The van der Waals surface area contributed by atoms with E-state index in [9.17, 15) is 18.0 Å². The number of ether oxygens (including phenoxy) is 1. The summed E-state index contributed by atoms with van der Waals surface area (Å²) in [6.45, 7) is 1.65. The molecule has 0 spiro atoms. The van der Waals surface area contributed by atoms with Crippen LogP contribution in [0.1, 0.15) is 29.4 Å². The number of alkyl halides is 2. The zero-order valence-corrected chi connectivity index (χ0v) is 10.5. The lowest BCUT2D eigenvalue weighted by Crippen LogP contribution is -2.06. The Bertz CT molecular complexity index is 609. The first-order valence-corrected chi connectivity index (χ1v) is 5.83. The van der Waals surface area contributed by atoms with Crippen molar-refractivity contribution in [2.24, 2.45) is 0 Å². The van der Waals surface area contributed by atoms with Crippen molar-refractivity contribution in [2.45, 2.75) is 13.3 Å². The van der Waals surface area contributed by atoms with Crippen LogP contribution in [0.15, 0.2) is 30.5 Å². The van der Waals surface area contributed by atoms with Gasteiger partial charge in [0.2, 0.25) is 0 Å². The van der Waals surface area contributed by atoms with E-state index in [1.165, 1.54) is 24.3 Å². The fraction of sp³-hybridized carbons (Fsp3) is 0.231. The lowest BCUT2D eigenvalue weighted by Gasteiger charge is -2.00. The van der Waals surface area contributed by atoms with E-state index < -0.39 is 23.9 Å². The van der Waals surface area contributed by atoms with Crippen LogP contribution in [0.2, 0.25) is 0 Å². The Labute approximate surface area is 112 Å². The van der Waals surface area contributed by atoms with Gasteiger partial charge in [-0.1, -0.05) is 0 Å². The summed E-state index contributed by atoms with van der Waals surface area (Å²) >= 11 is 0. The Morgan fingerprint density at radius 2 is 2.00 bits per heavy atom. The minimum Gasteiger partial charge on any atom is -0.462 e. The molecule has 4 nitrogen and oxygen atoms in total. The second-order valence-electron chi connectivity index (χ2n) is 3.87. The van der Waals surface area contributed by atoms with Crippen molar-refractivity contribution in [3.8, 4) is 5.69 Å². The van der Waals surface area contributed by atoms with E-state index in [4.69, 9.17) is 4.74 Å². The van der Waals surface area contributed by atoms with Gasteiger partial charge in [0.1, 0.15) is 17.1 Å². The van der Waals surface area contributed by atoms with Crippen LogP contribution in [-0.4, -0.2) is 22.4 Å². The number of carbonyl (C=O) groups is 1. The number of hydrogen-bond donors (Lipinski definition) is 0. The van der Waals surface area contributed by atoms with E-state index in [1.807, 2.05) is 0 Å². The lowest BCUT2D eigenvalue weighted by molar-refractivity contribution is 0.0515. The Hall–Kier alpha value is -2.31. The number of carbonyl (C=O) groups excluding carboxylic acids is 1. The van der Waals surface area contributed by atoms with Crippen LogP contribution >= 0.6 is 0 Å². The molecule has 1 heterocycles. The highest BCUT2D eigenvalue weighted by molar-refractivity contribution is 5.90. The molecule has 0 aliphatic rings. The standard InChI is InChI=1S/C13H11F3N2O2/c1-2-20-13(19)10-7-18(17-11(10)12(15)16)9-5-3-8(14)4-6-9/h3-7,12H,2H2,1H3. The van der Waals surface area contributed by atoms with Crippen molar-refractivity contribution < 1.29 is 22.7 Å². The molecule has 0 aliphatic heterocycles. The second kappa shape index (κ2) is 5.77. The van der Waals surface area contributed by atoms with E-state index >= 15 is 0 Å². The normalized spacial score (nSPS) is 10.8. The molecule has 0 amide bonds. The van der Waals surface area contributed by atoms with E-state index in [2.05, 4.69) is 5.10 Å². The maximum absolute atomic E-state index is 12.9. The van der Waals surface area contributed by atoms with Gasteiger partial charge in [-0.3, -0.25) is 0 Å². The highest BCUT2D eigenvalue weighted by Gasteiger charge is 2.24. The van der Waals surface area contributed by atoms with Crippen LogP contribution in [-0.2, 0) is 4.74 Å². The number of benzene rings is 1. The highest BCUT2D eigenvalue weighted by atomic mass is 19.3. The molecule has 0 saturated carbocycles. The van der Waals surface area contributed by atoms with Crippen molar-refractivity contribution in [3.63, 3.8) is 0 Å². The number of hydrogen-bond acceptors (Lipinski definition) is 3. The molecule has 20 heavy (non-hydrogen) atoms. The van der Waals surface area contributed by atoms with Crippen molar-refractivity contribution in [1.29, 1.82) is 0 Å². The third-order valence-electron chi connectivity index (χ3n) is 2.54. The second-order valence-corrected chi connectivity index (χ2v) is 3.87. The fourth-order valence-electron chi connectivity index (χ4n) is 1.64. The molecule has 7 heteroatoms. The molecule has 0 N–H and O–H groups in total. The molecule has 0 bridgehead atoms. The van der Waals surface area contributed by atoms with E-state index in [0.717, 1.165) is 10.9 Å². The molecule has 2 aromatic rings. The number of aromatic nitrogens is 2. The first-order chi connectivity index (χ1) is 9.52. The Balaban J connectivity index is 2.43. The van der Waals surface area contributed by atoms with Gasteiger partial charge < -0.3 is 4.74 Å². The van der Waals surface area contributed by atoms with Gasteiger partial charge in [-0.25, -0.2) is 22.6 Å². The van der Waals surface area contributed by atoms with Crippen molar-refractivity contribution in [2.75, 3.05) is 6.61 Å². The molecule has 0 radical (unpaired) electrons. The summed E-state index contributed by atoms with van der Waals surface area (Å²) in [4.78, 5) is 11.6. The van der Waals surface area contributed by atoms with Crippen molar-refractivity contribution in [3.05, 3.63) is 47.5 Å². The number of esters is 1. The van der Waals surface area contributed by atoms with Crippen LogP contribution in [0, 0.1) is 5.82 Å². The lowest BCUT2D eigenvalue weighted by atomic mass is 10.2. The van der Waals surface area contributed by atoms with Gasteiger partial charge in [0.05, 0.1) is 12.3 Å². The van der Waals surface area contributed by atoms with Gasteiger partial charge in [-0.15, -0.1) is 0 Å². The molecule has 0 aliphatic carbocycles. The SMILES string of the molecule is CCOC(=O)c1cn(-c2ccc(F)cc2)nc1C(F)F. The molecular formula is C13H11F3N2O2. The largest absolute Gasteiger partial charge is 0.462 e. The summed E-state index contributed by atoms with van der Waals surface area (Å²) in [6.07, 6.45) is -1.76. The first-order valence-electron chi connectivity index (χ1n) is 5.83. The third-order valence-corrected chi connectivity index (χ3v) is 2.54. The van der Waals surface area contributed by atoms with Gasteiger partial charge >= 0.3 is 5.97 Å². The molecule has 106 valence electrons. The average Bonchev–Trinajstić information content (AvgIpc) is 2.85. The van der Waals surface area contributed by atoms with Crippen LogP contribution in [0.25, 0.3) is 5.69 Å². The van der Waals surface area contributed by atoms with Gasteiger partial charge in [-0.2, -0.15) is 5.10 Å². The quantitative estimate of drug-likeness (QED) is 0.810. The maximum atomic E-state index is 12.9. The summed E-state index contributed by atoms with van der Waals surface area (Å²) in [5.41, 5.74) is -0.595. The number of nitrogens with zero attached hydrogens (tertiary/aromatic N) is 2. The van der Waals surface area contributed by atoms with Crippen molar-refractivity contribution in [1.82, 2.24) is 9.78 Å². The van der Waals surface area contributed by atoms with Crippen LogP contribution in [0.4, 0.5) is 13.2 Å². The van der Waals surface area contributed by atoms with E-state index in [1.54, 1.807) is 6.92 Å². The minimum absolute atomic E-state index is 0.0727. The molecule has 1 aromatic heterocycles. The Kier molecular flexibility index (Phi) is 4.07. The molecule has 0 fully saturated rings. The topological polar surface area (TPSA) is 44.1 Å². The summed E-state index contributed by atoms with van der Waals surface area (Å²) < 4.78 is 44.4. The average molecular weight is 284 g/mol. The van der Waals surface area contributed by atoms with Gasteiger partial charge in [-0.05, 0) is 31.2 Å². The molecular weight excluding hydrogens is 273 g/mol. The smallest absolute Gasteiger partial charge is 0.341 e. The zero-order chi connectivity index (χ0) is 14.7. The third kappa shape index (κ3) is 2.81. The van der Waals surface area contributed by atoms with E-state index in [-0.39, 0.29) is 12.2 Å². The zero-order valence-electron chi connectivity index (χ0n) is 10.5. The monoisotopic (exact) mass is 284 g/mol. The Morgan fingerprint density at radius 1 is 1.35 bits per heavy atom. The minimum atomic E-state index is -2.91.